The molecule has 216 valence electrons. The van der Waals surface area contributed by atoms with Crippen molar-refractivity contribution in [2.45, 2.75) is 132 Å². The summed E-state index contributed by atoms with van der Waals surface area (Å²) in [5.41, 5.74) is 3.69. The lowest BCUT2D eigenvalue weighted by atomic mass is 9.50. The lowest BCUT2D eigenvalue weighted by molar-refractivity contribution is -0.308. The fourth-order valence-corrected chi connectivity index (χ4v) is 7.05. The normalized spacial score (nSPS) is 34.8. The molecule has 0 radical (unpaired) electrons. The average molecular weight is 537 g/mol. The van der Waals surface area contributed by atoms with Gasteiger partial charge in [0.05, 0.1) is 24.9 Å². The summed E-state index contributed by atoms with van der Waals surface area (Å²) in [5.74, 6) is 0.821. The SMILES string of the molecule is CC.CCC12CCC3(CC1=CCC1C2=CCC(C)(C(C)OC(C)(C)C)C1C)OCC(C)(C)CO3.CSC. The third kappa shape index (κ3) is 6.90. The Labute approximate surface area is 234 Å². The Morgan fingerprint density at radius 1 is 1.05 bits per heavy atom. The first-order valence-corrected chi connectivity index (χ1v) is 16.6. The quantitative estimate of drug-likeness (QED) is 0.336. The van der Waals surface area contributed by atoms with Crippen molar-refractivity contribution < 1.29 is 14.2 Å². The summed E-state index contributed by atoms with van der Waals surface area (Å²) in [5, 5.41) is 0. The van der Waals surface area contributed by atoms with Crippen LogP contribution in [-0.4, -0.2) is 43.2 Å². The summed E-state index contributed by atoms with van der Waals surface area (Å²) in [6, 6.07) is 0. The van der Waals surface area contributed by atoms with Crippen LogP contribution in [-0.2, 0) is 14.2 Å². The molecule has 1 aliphatic heterocycles. The maximum absolute atomic E-state index is 6.50. The van der Waals surface area contributed by atoms with Crippen molar-refractivity contribution in [1.29, 1.82) is 0 Å². The first-order valence-electron chi connectivity index (χ1n) is 14.9. The highest BCUT2D eigenvalue weighted by Gasteiger charge is 2.56. The highest BCUT2D eigenvalue weighted by Crippen LogP contribution is 2.63. The van der Waals surface area contributed by atoms with E-state index in [-0.39, 0.29) is 27.9 Å². The Morgan fingerprint density at radius 3 is 2.14 bits per heavy atom. The van der Waals surface area contributed by atoms with Crippen molar-refractivity contribution in [2.75, 3.05) is 25.7 Å². The summed E-state index contributed by atoms with van der Waals surface area (Å²) in [6.07, 6.45) is 16.1. The Hall–Kier alpha value is -0.290. The number of fused-ring (bicyclic) bond motifs is 3. The summed E-state index contributed by atoms with van der Waals surface area (Å²) in [4.78, 5) is 0. The molecule has 4 heteroatoms. The third-order valence-electron chi connectivity index (χ3n) is 9.50. The zero-order chi connectivity index (χ0) is 28.3. The number of allylic oxidation sites excluding steroid dienone is 3. The van der Waals surface area contributed by atoms with Crippen molar-refractivity contribution >= 4 is 11.8 Å². The molecule has 1 saturated carbocycles. The molecule has 5 atom stereocenters. The number of hydrogen-bond donors (Lipinski definition) is 0. The molecule has 1 heterocycles. The predicted molar refractivity (Wildman–Crippen MR) is 162 cm³/mol. The number of rotatable bonds is 3. The molecule has 4 rings (SSSR count). The molecule has 37 heavy (non-hydrogen) atoms. The van der Waals surface area contributed by atoms with Crippen LogP contribution in [0.25, 0.3) is 0 Å². The molecular weight excluding hydrogens is 476 g/mol. The van der Waals surface area contributed by atoms with Gasteiger partial charge >= 0.3 is 0 Å². The van der Waals surface area contributed by atoms with Crippen molar-refractivity contribution in [3.63, 3.8) is 0 Å². The molecule has 1 spiro atoms. The third-order valence-corrected chi connectivity index (χ3v) is 9.50. The lowest BCUT2D eigenvalue weighted by Crippen LogP contribution is -2.54. The minimum Gasteiger partial charge on any atom is -0.372 e. The minimum atomic E-state index is -0.392. The first-order chi connectivity index (χ1) is 17.2. The van der Waals surface area contributed by atoms with E-state index in [0.29, 0.717) is 11.8 Å². The van der Waals surface area contributed by atoms with Gasteiger partial charge in [0.1, 0.15) is 0 Å². The molecule has 0 aromatic carbocycles. The highest BCUT2D eigenvalue weighted by molar-refractivity contribution is 7.97. The van der Waals surface area contributed by atoms with E-state index >= 15 is 0 Å². The van der Waals surface area contributed by atoms with Crippen molar-refractivity contribution in [3.8, 4) is 0 Å². The van der Waals surface area contributed by atoms with Crippen LogP contribution >= 0.6 is 11.8 Å². The maximum atomic E-state index is 6.50. The van der Waals surface area contributed by atoms with Crippen molar-refractivity contribution in [1.82, 2.24) is 0 Å². The second-order valence-corrected chi connectivity index (χ2v) is 14.6. The van der Waals surface area contributed by atoms with Gasteiger partial charge in [-0.1, -0.05) is 71.8 Å². The second-order valence-electron chi connectivity index (χ2n) is 13.8. The molecule has 5 unspecified atom stereocenters. The number of hydrogen-bond acceptors (Lipinski definition) is 4. The Kier molecular flexibility index (Phi) is 11.1. The van der Waals surface area contributed by atoms with Gasteiger partial charge in [0, 0.05) is 29.1 Å². The van der Waals surface area contributed by atoms with Crippen LogP contribution < -0.4 is 0 Å². The largest absolute Gasteiger partial charge is 0.372 e. The van der Waals surface area contributed by atoms with E-state index in [2.05, 4.69) is 74.5 Å². The molecule has 0 bridgehead atoms. The smallest absolute Gasteiger partial charge is 0.172 e. The molecule has 0 aromatic rings. The van der Waals surface area contributed by atoms with Gasteiger partial charge < -0.3 is 14.2 Å². The monoisotopic (exact) mass is 536 g/mol. The van der Waals surface area contributed by atoms with Gasteiger partial charge in [-0.2, -0.15) is 11.8 Å². The average Bonchev–Trinajstić information content (AvgIpc) is 2.84. The molecule has 0 N–H and O–H groups in total. The molecule has 1 saturated heterocycles. The van der Waals surface area contributed by atoms with Crippen LogP contribution in [0.4, 0.5) is 0 Å². The first kappa shape index (κ1) is 32.9. The van der Waals surface area contributed by atoms with E-state index < -0.39 is 5.79 Å². The molecule has 4 aliphatic rings. The summed E-state index contributed by atoms with van der Waals surface area (Å²) >= 11 is 1.75. The van der Waals surface area contributed by atoms with Crippen LogP contribution in [0.5, 0.6) is 0 Å². The van der Waals surface area contributed by atoms with Crippen LogP contribution in [0.15, 0.2) is 23.3 Å². The van der Waals surface area contributed by atoms with E-state index in [4.69, 9.17) is 14.2 Å². The van der Waals surface area contributed by atoms with Gasteiger partial charge in [0.25, 0.3) is 0 Å². The number of ether oxygens (including phenoxy) is 3. The van der Waals surface area contributed by atoms with Gasteiger partial charge in [-0.15, -0.1) is 0 Å². The summed E-state index contributed by atoms with van der Waals surface area (Å²) in [6.45, 7) is 26.2. The fourth-order valence-electron chi connectivity index (χ4n) is 7.05. The van der Waals surface area contributed by atoms with Gasteiger partial charge in [-0.25, -0.2) is 0 Å². The second kappa shape index (κ2) is 12.5. The van der Waals surface area contributed by atoms with E-state index in [1.165, 1.54) is 6.42 Å². The highest BCUT2D eigenvalue weighted by atomic mass is 32.2. The molecule has 0 amide bonds. The Balaban J connectivity index is 0.000000898. The lowest BCUT2D eigenvalue weighted by Gasteiger charge is -2.58. The van der Waals surface area contributed by atoms with Crippen LogP contribution in [0.1, 0.15) is 115 Å². The van der Waals surface area contributed by atoms with E-state index in [9.17, 15) is 0 Å². The molecule has 0 aromatic heterocycles. The van der Waals surface area contributed by atoms with Crippen LogP contribution in [0.3, 0.4) is 0 Å². The van der Waals surface area contributed by atoms with Gasteiger partial charge in [-0.05, 0) is 77.7 Å². The molecule has 3 aliphatic carbocycles. The van der Waals surface area contributed by atoms with Crippen molar-refractivity contribution in [3.05, 3.63) is 23.3 Å². The van der Waals surface area contributed by atoms with Crippen LogP contribution in [0, 0.1) is 28.1 Å². The summed E-state index contributed by atoms with van der Waals surface area (Å²) < 4.78 is 19.4. The van der Waals surface area contributed by atoms with E-state index in [1.54, 1.807) is 22.9 Å². The van der Waals surface area contributed by atoms with Crippen LogP contribution in [0.2, 0.25) is 0 Å². The number of thioether (sulfide) groups is 1. The molecular formula is C33H60O3S. The van der Waals surface area contributed by atoms with Gasteiger partial charge in [0.2, 0.25) is 0 Å². The topological polar surface area (TPSA) is 27.7 Å². The Bertz CT molecular complexity index is 797. The van der Waals surface area contributed by atoms with Gasteiger partial charge in [0.15, 0.2) is 5.79 Å². The zero-order valence-corrected chi connectivity index (χ0v) is 27.5. The minimum absolute atomic E-state index is 0.108. The van der Waals surface area contributed by atoms with E-state index in [0.717, 1.165) is 45.3 Å². The van der Waals surface area contributed by atoms with E-state index in [1.807, 2.05) is 26.4 Å². The standard InChI is InChI=1S/C29H48O3.C2H6S.C2H6/c1-10-28-15-16-29(30-18-26(7,8)19-31-29)17-22(28)11-12-23-20(2)27(9,14-13-24(23)28)21(3)32-25(4,5)6;1-3-2;1-2/h11,13,20-21,23H,10,12,14-19H2,1-9H3;1-2H3;1-2H3. The molecule has 2 fully saturated rings. The van der Waals surface area contributed by atoms with Crippen molar-refractivity contribution in [2.24, 2.45) is 28.1 Å². The fraction of sp³-hybridized carbons (Fsp3) is 0.879. The maximum Gasteiger partial charge on any atom is 0.172 e. The zero-order valence-electron chi connectivity index (χ0n) is 26.7. The molecule has 3 nitrogen and oxygen atoms in total. The Morgan fingerprint density at radius 2 is 1.62 bits per heavy atom. The van der Waals surface area contributed by atoms with Gasteiger partial charge in [-0.3, -0.25) is 0 Å². The predicted octanol–water partition coefficient (Wildman–Crippen LogP) is 9.46. The summed E-state index contributed by atoms with van der Waals surface area (Å²) in [7, 11) is 0.